The number of amides is 1. The highest BCUT2D eigenvalue weighted by molar-refractivity contribution is 6.35. The predicted molar refractivity (Wildman–Crippen MR) is 78.5 cm³/mol. The first-order valence-corrected chi connectivity index (χ1v) is 7.14. The van der Waals surface area contributed by atoms with Crippen molar-refractivity contribution in [3.63, 3.8) is 0 Å². The summed E-state index contributed by atoms with van der Waals surface area (Å²) in [6.45, 7) is 4.29. The van der Waals surface area contributed by atoms with Crippen molar-refractivity contribution in [3.05, 3.63) is 33.8 Å². The number of hydrogen-bond acceptors (Lipinski definition) is 2. The molecule has 0 saturated carbocycles. The zero-order chi connectivity index (χ0) is 14.0. The third-order valence-electron chi connectivity index (χ3n) is 3.63. The molecular formula is C14H18Cl2N2O. The molecule has 1 fully saturated rings. The molecule has 1 amide bonds. The summed E-state index contributed by atoms with van der Waals surface area (Å²) in [7, 11) is 1.82. The van der Waals surface area contributed by atoms with E-state index < -0.39 is 0 Å². The van der Waals surface area contributed by atoms with Crippen molar-refractivity contribution in [1.82, 2.24) is 10.2 Å². The SMILES string of the molecule is CC1CNCC1C(=O)N(C)Cc1ccc(Cl)cc1Cl. The molecule has 104 valence electrons. The molecular weight excluding hydrogens is 283 g/mol. The van der Waals surface area contributed by atoms with Crippen molar-refractivity contribution in [3.8, 4) is 0 Å². The number of carbonyl (C=O) groups excluding carboxylic acids is 1. The van der Waals surface area contributed by atoms with Crippen LogP contribution in [0.4, 0.5) is 0 Å². The molecule has 1 saturated heterocycles. The maximum atomic E-state index is 12.4. The van der Waals surface area contributed by atoms with E-state index in [0.717, 1.165) is 18.7 Å². The average molecular weight is 301 g/mol. The van der Waals surface area contributed by atoms with E-state index in [0.29, 0.717) is 22.5 Å². The van der Waals surface area contributed by atoms with Crippen molar-refractivity contribution in [2.45, 2.75) is 13.5 Å². The number of hydrogen-bond donors (Lipinski definition) is 1. The van der Waals surface area contributed by atoms with Crippen LogP contribution in [0.2, 0.25) is 10.0 Å². The molecule has 5 heteroatoms. The van der Waals surface area contributed by atoms with Crippen LogP contribution in [0.25, 0.3) is 0 Å². The summed E-state index contributed by atoms with van der Waals surface area (Å²) in [5.74, 6) is 0.621. The maximum Gasteiger partial charge on any atom is 0.227 e. The van der Waals surface area contributed by atoms with Crippen LogP contribution in [0, 0.1) is 11.8 Å². The minimum absolute atomic E-state index is 0.0658. The van der Waals surface area contributed by atoms with Crippen LogP contribution in [0.1, 0.15) is 12.5 Å². The summed E-state index contributed by atoms with van der Waals surface area (Å²) >= 11 is 12.0. The second-order valence-electron chi connectivity index (χ2n) is 5.17. The molecule has 1 aromatic rings. The minimum Gasteiger partial charge on any atom is -0.341 e. The maximum absolute atomic E-state index is 12.4. The first kappa shape index (κ1) is 14.6. The third-order valence-corrected chi connectivity index (χ3v) is 4.22. The van der Waals surface area contributed by atoms with Gasteiger partial charge in [0, 0.05) is 30.2 Å². The van der Waals surface area contributed by atoms with E-state index in [1.54, 1.807) is 17.0 Å². The standard InChI is InChI=1S/C14H18Cl2N2O/c1-9-6-17-7-12(9)14(19)18(2)8-10-3-4-11(15)5-13(10)16/h3-5,9,12,17H,6-8H2,1-2H3. The monoisotopic (exact) mass is 300 g/mol. The summed E-state index contributed by atoms with van der Waals surface area (Å²) in [5.41, 5.74) is 0.917. The fourth-order valence-electron chi connectivity index (χ4n) is 2.41. The lowest BCUT2D eigenvalue weighted by molar-refractivity contribution is -0.135. The van der Waals surface area contributed by atoms with E-state index in [1.807, 2.05) is 13.1 Å². The van der Waals surface area contributed by atoms with E-state index in [-0.39, 0.29) is 11.8 Å². The van der Waals surface area contributed by atoms with Gasteiger partial charge in [0.05, 0.1) is 5.92 Å². The third kappa shape index (κ3) is 3.41. The quantitative estimate of drug-likeness (QED) is 0.931. The topological polar surface area (TPSA) is 32.3 Å². The van der Waals surface area contributed by atoms with Crippen molar-refractivity contribution in [2.24, 2.45) is 11.8 Å². The van der Waals surface area contributed by atoms with Gasteiger partial charge in [-0.3, -0.25) is 4.79 Å². The molecule has 1 aliphatic heterocycles. The van der Waals surface area contributed by atoms with Gasteiger partial charge in [-0.15, -0.1) is 0 Å². The van der Waals surface area contributed by atoms with E-state index >= 15 is 0 Å². The van der Waals surface area contributed by atoms with Gasteiger partial charge in [0.15, 0.2) is 0 Å². The summed E-state index contributed by atoms with van der Waals surface area (Å²) in [4.78, 5) is 14.1. The van der Waals surface area contributed by atoms with Gasteiger partial charge in [-0.05, 0) is 30.2 Å². The van der Waals surface area contributed by atoms with E-state index in [1.165, 1.54) is 0 Å². The molecule has 0 radical (unpaired) electrons. The Hall–Kier alpha value is -0.770. The summed E-state index contributed by atoms with van der Waals surface area (Å²) in [6, 6.07) is 5.36. The Morgan fingerprint density at radius 1 is 1.42 bits per heavy atom. The van der Waals surface area contributed by atoms with Gasteiger partial charge >= 0.3 is 0 Å². The van der Waals surface area contributed by atoms with Crippen molar-refractivity contribution >= 4 is 29.1 Å². The lowest BCUT2D eigenvalue weighted by Gasteiger charge is -2.23. The van der Waals surface area contributed by atoms with E-state index in [9.17, 15) is 4.79 Å². The van der Waals surface area contributed by atoms with Crippen molar-refractivity contribution in [2.75, 3.05) is 20.1 Å². The zero-order valence-corrected chi connectivity index (χ0v) is 12.6. The average Bonchev–Trinajstić information content (AvgIpc) is 2.78. The Balaban J connectivity index is 2.04. The zero-order valence-electron chi connectivity index (χ0n) is 11.1. The Morgan fingerprint density at radius 2 is 2.16 bits per heavy atom. The molecule has 1 aliphatic rings. The van der Waals surface area contributed by atoms with Gasteiger partial charge in [-0.2, -0.15) is 0 Å². The second kappa shape index (κ2) is 6.12. The molecule has 0 bridgehead atoms. The molecule has 0 spiro atoms. The van der Waals surface area contributed by atoms with Crippen LogP contribution in [-0.4, -0.2) is 30.9 Å². The lowest BCUT2D eigenvalue weighted by Crippen LogP contribution is -2.35. The number of rotatable bonds is 3. The van der Waals surface area contributed by atoms with Crippen LogP contribution < -0.4 is 5.32 Å². The van der Waals surface area contributed by atoms with Gasteiger partial charge in [0.25, 0.3) is 0 Å². The van der Waals surface area contributed by atoms with Crippen molar-refractivity contribution in [1.29, 1.82) is 0 Å². The molecule has 1 aromatic carbocycles. The number of benzene rings is 1. The largest absolute Gasteiger partial charge is 0.341 e. The molecule has 1 heterocycles. The summed E-state index contributed by atoms with van der Waals surface area (Å²) < 4.78 is 0. The first-order chi connectivity index (χ1) is 8.99. The highest BCUT2D eigenvalue weighted by Gasteiger charge is 2.31. The molecule has 3 nitrogen and oxygen atoms in total. The Labute approximate surface area is 123 Å². The molecule has 0 aliphatic carbocycles. The fourth-order valence-corrected chi connectivity index (χ4v) is 2.88. The first-order valence-electron chi connectivity index (χ1n) is 6.38. The second-order valence-corrected chi connectivity index (χ2v) is 6.02. The minimum atomic E-state index is 0.0658. The molecule has 19 heavy (non-hydrogen) atoms. The van der Waals surface area contributed by atoms with Crippen LogP contribution in [0.15, 0.2) is 18.2 Å². The Kier molecular flexibility index (Phi) is 4.71. The molecule has 1 N–H and O–H groups in total. The van der Waals surface area contributed by atoms with E-state index in [4.69, 9.17) is 23.2 Å². The number of nitrogens with zero attached hydrogens (tertiary/aromatic N) is 1. The highest BCUT2D eigenvalue weighted by atomic mass is 35.5. The predicted octanol–water partition coefficient (Wildman–Crippen LogP) is 2.81. The van der Waals surface area contributed by atoms with E-state index in [2.05, 4.69) is 12.2 Å². The highest BCUT2D eigenvalue weighted by Crippen LogP contribution is 2.24. The van der Waals surface area contributed by atoms with Gasteiger partial charge < -0.3 is 10.2 Å². The van der Waals surface area contributed by atoms with Crippen molar-refractivity contribution < 1.29 is 4.79 Å². The number of carbonyl (C=O) groups is 1. The van der Waals surface area contributed by atoms with Crippen LogP contribution in [0.3, 0.4) is 0 Å². The smallest absolute Gasteiger partial charge is 0.227 e. The van der Waals surface area contributed by atoms with Gasteiger partial charge in [-0.1, -0.05) is 36.2 Å². The van der Waals surface area contributed by atoms with Crippen LogP contribution in [0.5, 0.6) is 0 Å². The number of halogens is 2. The van der Waals surface area contributed by atoms with Crippen LogP contribution >= 0.6 is 23.2 Å². The molecule has 2 rings (SSSR count). The Morgan fingerprint density at radius 3 is 2.74 bits per heavy atom. The molecule has 2 unspecified atom stereocenters. The molecule has 0 aromatic heterocycles. The fraction of sp³-hybridized carbons (Fsp3) is 0.500. The molecule has 2 atom stereocenters. The van der Waals surface area contributed by atoms with Gasteiger partial charge in [0.1, 0.15) is 0 Å². The Bertz CT molecular complexity index is 479. The normalized spacial score (nSPS) is 22.5. The van der Waals surface area contributed by atoms with Gasteiger partial charge in [0.2, 0.25) is 5.91 Å². The van der Waals surface area contributed by atoms with Crippen LogP contribution in [-0.2, 0) is 11.3 Å². The number of nitrogens with one attached hydrogen (secondary N) is 1. The summed E-state index contributed by atoms with van der Waals surface area (Å²) in [6.07, 6.45) is 0. The lowest BCUT2D eigenvalue weighted by atomic mass is 9.96. The summed E-state index contributed by atoms with van der Waals surface area (Å²) in [5, 5.41) is 4.46. The van der Waals surface area contributed by atoms with Gasteiger partial charge in [-0.25, -0.2) is 0 Å².